The molecule has 0 spiro atoms. The Morgan fingerprint density at radius 2 is 1.95 bits per heavy atom. The molecule has 0 aliphatic rings. The number of carboxylic acid groups (broad SMARTS) is 1. The van der Waals surface area contributed by atoms with Crippen molar-refractivity contribution in [1.29, 1.82) is 0 Å². The van der Waals surface area contributed by atoms with Crippen LogP contribution in [0.15, 0.2) is 30.3 Å². The summed E-state index contributed by atoms with van der Waals surface area (Å²) >= 11 is 0. The molecule has 116 valence electrons. The van der Waals surface area contributed by atoms with Crippen LogP contribution < -0.4 is 10.6 Å². The van der Waals surface area contributed by atoms with Crippen molar-refractivity contribution in [3.8, 4) is 0 Å². The molecule has 0 radical (unpaired) electrons. The summed E-state index contributed by atoms with van der Waals surface area (Å²) in [4.78, 5) is 22.3. The van der Waals surface area contributed by atoms with Gasteiger partial charge in [-0.3, -0.25) is 4.79 Å². The number of hydrogen-bond acceptors (Lipinski definition) is 4. The summed E-state index contributed by atoms with van der Waals surface area (Å²) in [6.07, 6.45) is 0.840. The first-order valence-electron chi connectivity index (χ1n) is 7.04. The molecular formula is C15H22N2O4. The molecule has 1 atom stereocenters. The Hall–Kier alpha value is -2.08. The van der Waals surface area contributed by atoms with Crippen LogP contribution in [0.4, 0.5) is 4.79 Å². The van der Waals surface area contributed by atoms with Crippen molar-refractivity contribution in [2.24, 2.45) is 0 Å². The summed E-state index contributed by atoms with van der Waals surface area (Å²) in [6, 6.07) is 8.82. The Morgan fingerprint density at radius 1 is 1.24 bits per heavy atom. The van der Waals surface area contributed by atoms with Crippen molar-refractivity contribution in [1.82, 2.24) is 10.6 Å². The van der Waals surface area contributed by atoms with Crippen LogP contribution >= 0.6 is 0 Å². The van der Waals surface area contributed by atoms with Crippen LogP contribution in [-0.4, -0.2) is 36.3 Å². The van der Waals surface area contributed by atoms with Crippen LogP contribution in [0.3, 0.4) is 0 Å². The van der Waals surface area contributed by atoms with Gasteiger partial charge in [0.05, 0.1) is 0 Å². The molecule has 0 aliphatic carbocycles. The number of carboxylic acids is 1. The maximum Gasteiger partial charge on any atom is 0.407 e. The van der Waals surface area contributed by atoms with E-state index in [9.17, 15) is 9.59 Å². The molecule has 0 aromatic heterocycles. The van der Waals surface area contributed by atoms with Gasteiger partial charge in [0.15, 0.2) is 0 Å². The van der Waals surface area contributed by atoms with E-state index in [0.29, 0.717) is 19.5 Å². The lowest BCUT2D eigenvalue weighted by atomic mass is 10.2. The molecule has 0 heterocycles. The van der Waals surface area contributed by atoms with Crippen molar-refractivity contribution < 1.29 is 19.4 Å². The van der Waals surface area contributed by atoms with Gasteiger partial charge in [0.2, 0.25) is 0 Å². The average molecular weight is 294 g/mol. The van der Waals surface area contributed by atoms with Gasteiger partial charge in [0.1, 0.15) is 12.6 Å². The third-order valence-corrected chi connectivity index (χ3v) is 2.87. The van der Waals surface area contributed by atoms with Gasteiger partial charge < -0.3 is 20.5 Å². The van der Waals surface area contributed by atoms with Crippen molar-refractivity contribution in [2.75, 3.05) is 13.1 Å². The summed E-state index contributed by atoms with van der Waals surface area (Å²) in [7, 11) is 0. The maximum absolute atomic E-state index is 11.4. The van der Waals surface area contributed by atoms with Gasteiger partial charge in [0.25, 0.3) is 0 Å². The highest BCUT2D eigenvalue weighted by molar-refractivity contribution is 5.73. The number of hydrogen-bond donors (Lipinski definition) is 3. The second kappa shape index (κ2) is 9.77. The molecule has 1 aromatic rings. The average Bonchev–Trinajstić information content (AvgIpc) is 2.49. The smallest absolute Gasteiger partial charge is 0.407 e. The molecule has 0 bridgehead atoms. The monoisotopic (exact) mass is 294 g/mol. The molecule has 6 heteroatoms. The van der Waals surface area contributed by atoms with Gasteiger partial charge in [0, 0.05) is 13.1 Å². The van der Waals surface area contributed by atoms with E-state index in [4.69, 9.17) is 9.84 Å². The fourth-order valence-corrected chi connectivity index (χ4v) is 1.79. The van der Waals surface area contributed by atoms with E-state index in [1.54, 1.807) is 0 Å². The van der Waals surface area contributed by atoms with Crippen LogP contribution in [0.1, 0.15) is 25.3 Å². The minimum absolute atomic E-state index is 0.216. The quantitative estimate of drug-likeness (QED) is 0.604. The lowest BCUT2D eigenvalue weighted by Crippen LogP contribution is -2.41. The minimum atomic E-state index is -0.872. The van der Waals surface area contributed by atoms with Crippen molar-refractivity contribution in [3.63, 3.8) is 0 Å². The van der Waals surface area contributed by atoms with Gasteiger partial charge in [-0.05, 0) is 12.0 Å². The number of alkyl carbamates (subject to hydrolysis) is 1. The number of nitrogens with one attached hydrogen (secondary N) is 2. The predicted octanol–water partition coefficient (Wildman–Crippen LogP) is 1.76. The van der Waals surface area contributed by atoms with Crippen molar-refractivity contribution in [2.45, 2.75) is 32.4 Å². The zero-order chi connectivity index (χ0) is 15.5. The van der Waals surface area contributed by atoms with E-state index in [-0.39, 0.29) is 6.61 Å². The first kappa shape index (κ1) is 17.0. The summed E-state index contributed by atoms with van der Waals surface area (Å²) in [5.41, 5.74) is 0.916. The van der Waals surface area contributed by atoms with Gasteiger partial charge in [-0.2, -0.15) is 0 Å². The Balaban J connectivity index is 2.14. The van der Waals surface area contributed by atoms with Crippen molar-refractivity contribution in [3.05, 3.63) is 35.9 Å². The van der Waals surface area contributed by atoms with Crippen LogP contribution in [-0.2, 0) is 16.1 Å². The Kier molecular flexibility index (Phi) is 7.89. The summed E-state index contributed by atoms with van der Waals surface area (Å²) in [6.45, 7) is 2.85. The molecule has 21 heavy (non-hydrogen) atoms. The topological polar surface area (TPSA) is 87.7 Å². The number of carbonyl (C=O) groups is 2. The second-order valence-electron chi connectivity index (χ2n) is 4.62. The number of ether oxygens (including phenoxy) is 1. The third kappa shape index (κ3) is 7.31. The maximum atomic E-state index is 11.4. The zero-order valence-corrected chi connectivity index (χ0v) is 12.2. The molecular weight excluding hydrogens is 272 g/mol. The van der Waals surface area contributed by atoms with Crippen molar-refractivity contribution >= 4 is 12.1 Å². The lowest BCUT2D eigenvalue weighted by molar-refractivity contribution is -0.139. The summed E-state index contributed by atoms with van der Waals surface area (Å²) in [5, 5.41) is 14.4. The van der Waals surface area contributed by atoms with Crippen LogP contribution in [0.2, 0.25) is 0 Å². The summed E-state index contributed by atoms with van der Waals surface area (Å²) in [5.74, 6) is -0.872. The van der Waals surface area contributed by atoms with E-state index in [1.807, 2.05) is 37.3 Å². The largest absolute Gasteiger partial charge is 0.480 e. The lowest BCUT2D eigenvalue weighted by Gasteiger charge is -2.13. The highest BCUT2D eigenvalue weighted by atomic mass is 16.5. The van der Waals surface area contributed by atoms with E-state index < -0.39 is 18.1 Å². The highest BCUT2D eigenvalue weighted by Gasteiger charge is 2.14. The number of aliphatic carboxylic acids is 1. The van der Waals surface area contributed by atoms with E-state index in [0.717, 1.165) is 12.0 Å². The van der Waals surface area contributed by atoms with E-state index in [1.165, 1.54) is 0 Å². The standard InChI is InChI=1S/C15H22N2O4/c1-2-6-13(14(18)19)16-9-10-17-15(20)21-11-12-7-4-3-5-8-12/h3-5,7-8,13,16H,2,6,9-11H2,1H3,(H,17,20)(H,18,19)/t13-/m1/s1. The molecule has 1 rings (SSSR count). The summed E-state index contributed by atoms with van der Waals surface area (Å²) < 4.78 is 5.04. The molecule has 1 aromatic carbocycles. The van der Waals surface area contributed by atoms with Crippen LogP contribution in [0, 0.1) is 0 Å². The van der Waals surface area contributed by atoms with Gasteiger partial charge in [-0.25, -0.2) is 4.79 Å². The molecule has 0 unspecified atom stereocenters. The van der Waals surface area contributed by atoms with E-state index >= 15 is 0 Å². The molecule has 0 saturated carbocycles. The molecule has 6 nitrogen and oxygen atoms in total. The number of rotatable bonds is 9. The fourth-order valence-electron chi connectivity index (χ4n) is 1.79. The van der Waals surface area contributed by atoms with Crippen LogP contribution in [0.25, 0.3) is 0 Å². The first-order valence-corrected chi connectivity index (χ1v) is 7.04. The normalized spacial score (nSPS) is 11.7. The first-order chi connectivity index (χ1) is 10.1. The van der Waals surface area contributed by atoms with Gasteiger partial charge in [-0.1, -0.05) is 43.7 Å². The number of benzene rings is 1. The molecule has 0 fully saturated rings. The fraction of sp³-hybridized carbons (Fsp3) is 0.467. The Bertz CT molecular complexity index is 437. The predicted molar refractivity (Wildman–Crippen MR) is 79.0 cm³/mol. The molecule has 3 N–H and O–H groups in total. The van der Waals surface area contributed by atoms with Gasteiger partial charge in [-0.15, -0.1) is 0 Å². The second-order valence-corrected chi connectivity index (χ2v) is 4.62. The number of carbonyl (C=O) groups excluding carboxylic acids is 1. The highest BCUT2D eigenvalue weighted by Crippen LogP contribution is 2.00. The minimum Gasteiger partial charge on any atom is -0.480 e. The molecule has 1 amide bonds. The molecule has 0 saturated heterocycles. The third-order valence-electron chi connectivity index (χ3n) is 2.87. The van der Waals surface area contributed by atoms with Crippen LogP contribution in [0.5, 0.6) is 0 Å². The Morgan fingerprint density at radius 3 is 2.57 bits per heavy atom. The zero-order valence-electron chi connectivity index (χ0n) is 12.2. The van der Waals surface area contributed by atoms with E-state index in [2.05, 4.69) is 10.6 Å². The van der Waals surface area contributed by atoms with Gasteiger partial charge >= 0.3 is 12.1 Å². The molecule has 0 aliphatic heterocycles. The number of amides is 1. The Labute approximate surface area is 124 Å². The SMILES string of the molecule is CCC[C@@H](NCCNC(=O)OCc1ccccc1)C(=O)O.